The van der Waals surface area contributed by atoms with E-state index in [1.165, 1.54) is 0 Å². The zero-order chi connectivity index (χ0) is 29.8. The van der Waals surface area contributed by atoms with Crippen LogP contribution in [0.3, 0.4) is 0 Å². The zero-order valence-corrected chi connectivity index (χ0v) is 25.9. The molecule has 4 N–H and O–H groups in total. The molecule has 0 aromatic rings. The van der Waals surface area contributed by atoms with Crippen molar-refractivity contribution in [3.05, 3.63) is 0 Å². The first-order valence-electron chi connectivity index (χ1n) is 17.1. The van der Waals surface area contributed by atoms with Gasteiger partial charge in [-0.05, 0) is 89.5 Å². The van der Waals surface area contributed by atoms with Gasteiger partial charge in [-0.3, -0.25) is 14.9 Å². The fourth-order valence-corrected chi connectivity index (χ4v) is 8.74. The number of nitrogens with zero attached hydrogens (tertiary/aromatic N) is 1. The number of carbonyl (C=O) groups excluding carboxylic acids is 2. The Bertz CT molecular complexity index is 913. The van der Waals surface area contributed by atoms with E-state index in [4.69, 9.17) is 18.9 Å². The van der Waals surface area contributed by atoms with Crippen molar-refractivity contribution in [2.75, 3.05) is 52.8 Å². The number of piperidine rings is 2. The van der Waals surface area contributed by atoms with Gasteiger partial charge in [-0.1, -0.05) is 0 Å². The third-order valence-corrected chi connectivity index (χ3v) is 11.1. The standard InChI is InChI=1S/C32H54N4O7/c1-2-41-30-12-21(32(39)36-23-4-3-5-24(36)17-40-16-23)7-9-27(30)31(38)35-15-29(37)28-11-20-6-8-25(10-22(20)13-34-28)42-18-26-14-33-19-43-26/h20-30,33-34,37H,2-19H2,1H3,(H,35,38)/t20?,21?,22?,23?,24?,25?,26?,27?,28-,29+,30?/m0/s1. The van der Waals surface area contributed by atoms with Gasteiger partial charge in [0.15, 0.2) is 0 Å². The second kappa shape index (κ2) is 14.8. The van der Waals surface area contributed by atoms with E-state index in [1.807, 2.05) is 6.92 Å². The fourth-order valence-electron chi connectivity index (χ4n) is 8.74. The van der Waals surface area contributed by atoms with Gasteiger partial charge in [0, 0.05) is 31.7 Å². The Morgan fingerprint density at radius 3 is 2.60 bits per heavy atom. The number of rotatable bonds is 10. The maximum absolute atomic E-state index is 13.6. The van der Waals surface area contributed by atoms with Crippen molar-refractivity contribution in [1.29, 1.82) is 0 Å². The summed E-state index contributed by atoms with van der Waals surface area (Å²) in [5, 5.41) is 20.9. The highest BCUT2D eigenvalue weighted by Gasteiger charge is 2.45. The fraction of sp³-hybridized carbons (Fsp3) is 0.938. The Hall–Kier alpha value is -1.34. The normalized spacial score (nSPS) is 40.5. The molecule has 6 rings (SSSR count). The summed E-state index contributed by atoms with van der Waals surface area (Å²) in [5.74, 6) is 0.868. The van der Waals surface area contributed by atoms with Crippen LogP contribution < -0.4 is 16.0 Å². The average Bonchev–Trinajstić information content (AvgIpc) is 3.55. The molecule has 4 aliphatic heterocycles. The Balaban J connectivity index is 0.944. The molecule has 4 saturated heterocycles. The number of aliphatic hydroxyl groups is 1. The van der Waals surface area contributed by atoms with Gasteiger partial charge in [0.25, 0.3) is 0 Å². The molecule has 2 saturated carbocycles. The SMILES string of the molecule is CCOC1CC(C(=O)N2C3CCCC2COC3)CCC1C(=O)NC[C@@H](O)[C@@H]1CC2CCC(OCC3CNCO3)CC2CN1. The van der Waals surface area contributed by atoms with E-state index in [-0.39, 0.29) is 66.6 Å². The van der Waals surface area contributed by atoms with Crippen LogP contribution in [0.5, 0.6) is 0 Å². The molecule has 0 spiro atoms. The summed E-state index contributed by atoms with van der Waals surface area (Å²) in [6.45, 7) is 6.95. The molecule has 0 radical (unpaired) electrons. The summed E-state index contributed by atoms with van der Waals surface area (Å²) in [6.07, 6.45) is 8.73. The van der Waals surface area contributed by atoms with E-state index in [0.717, 1.165) is 58.0 Å². The molecule has 2 bridgehead atoms. The first-order valence-corrected chi connectivity index (χ1v) is 17.1. The van der Waals surface area contributed by atoms with Gasteiger partial charge in [-0.25, -0.2) is 0 Å². The van der Waals surface area contributed by atoms with Crippen LogP contribution in [0.1, 0.15) is 71.1 Å². The minimum Gasteiger partial charge on any atom is -0.390 e. The van der Waals surface area contributed by atoms with Crippen molar-refractivity contribution in [3.63, 3.8) is 0 Å². The van der Waals surface area contributed by atoms with Crippen LogP contribution in [-0.4, -0.2) is 117 Å². The van der Waals surface area contributed by atoms with Gasteiger partial charge in [0.1, 0.15) is 0 Å². The maximum Gasteiger partial charge on any atom is 0.226 e. The first-order chi connectivity index (χ1) is 21.0. The lowest BCUT2D eigenvalue weighted by atomic mass is 9.72. The molecule has 2 aliphatic carbocycles. The summed E-state index contributed by atoms with van der Waals surface area (Å²) in [7, 11) is 0. The predicted molar refractivity (Wildman–Crippen MR) is 159 cm³/mol. The number of morpholine rings is 1. The average molecular weight is 607 g/mol. The highest BCUT2D eigenvalue weighted by atomic mass is 16.5. The molecule has 2 amide bonds. The number of amides is 2. The highest BCUT2D eigenvalue weighted by molar-refractivity contribution is 5.82. The van der Waals surface area contributed by atoms with Gasteiger partial charge in [0.2, 0.25) is 11.8 Å². The van der Waals surface area contributed by atoms with Crippen LogP contribution in [-0.2, 0) is 28.5 Å². The van der Waals surface area contributed by atoms with Crippen molar-refractivity contribution >= 4 is 11.8 Å². The van der Waals surface area contributed by atoms with Crippen LogP contribution in [0.2, 0.25) is 0 Å². The molecule has 0 aromatic carbocycles. The quantitative estimate of drug-likeness (QED) is 0.290. The van der Waals surface area contributed by atoms with Crippen molar-refractivity contribution in [2.45, 2.75) is 114 Å². The molecular formula is C32H54N4O7. The summed E-state index contributed by atoms with van der Waals surface area (Å²) >= 11 is 0. The van der Waals surface area contributed by atoms with Crippen LogP contribution in [0.25, 0.3) is 0 Å². The lowest BCUT2D eigenvalue weighted by Gasteiger charge is -2.48. The number of hydrogen-bond acceptors (Lipinski definition) is 9. The molecule has 11 nitrogen and oxygen atoms in total. The van der Waals surface area contributed by atoms with Crippen molar-refractivity contribution in [1.82, 2.24) is 20.9 Å². The monoisotopic (exact) mass is 606 g/mol. The van der Waals surface area contributed by atoms with Gasteiger partial charge in [0.05, 0.1) is 69.0 Å². The molecule has 11 atom stereocenters. The van der Waals surface area contributed by atoms with E-state index in [2.05, 4.69) is 20.9 Å². The summed E-state index contributed by atoms with van der Waals surface area (Å²) in [5.41, 5.74) is 0. The first kappa shape index (κ1) is 31.6. The lowest BCUT2D eigenvalue weighted by Crippen LogP contribution is -2.59. The van der Waals surface area contributed by atoms with Gasteiger partial charge in [-0.15, -0.1) is 0 Å². The Morgan fingerprint density at radius 2 is 1.84 bits per heavy atom. The smallest absolute Gasteiger partial charge is 0.226 e. The van der Waals surface area contributed by atoms with Crippen molar-refractivity contribution < 1.29 is 33.6 Å². The van der Waals surface area contributed by atoms with E-state index in [9.17, 15) is 14.7 Å². The van der Waals surface area contributed by atoms with Crippen LogP contribution in [0.15, 0.2) is 0 Å². The molecular weight excluding hydrogens is 552 g/mol. The maximum atomic E-state index is 13.6. The minimum atomic E-state index is -0.643. The summed E-state index contributed by atoms with van der Waals surface area (Å²) in [6, 6.07) is 0.352. The molecule has 6 fully saturated rings. The number of carbonyl (C=O) groups is 2. The van der Waals surface area contributed by atoms with E-state index in [0.29, 0.717) is 64.3 Å². The Kier molecular flexibility index (Phi) is 10.9. The third kappa shape index (κ3) is 7.56. The third-order valence-electron chi connectivity index (χ3n) is 11.1. The van der Waals surface area contributed by atoms with Crippen LogP contribution in [0, 0.1) is 23.7 Å². The number of fused-ring (bicyclic) bond motifs is 3. The van der Waals surface area contributed by atoms with E-state index < -0.39 is 6.10 Å². The van der Waals surface area contributed by atoms with E-state index in [1.54, 1.807) is 0 Å². The lowest BCUT2D eigenvalue weighted by molar-refractivity contribution is -0.160. The number of hydrogen-bond donors (Lipinski definition) is 4. The molecule has 9 unspecified atom stereocenters. The summed E-state index contributed by atoms with van der Waals surface area (Å²) in [4.78, 5) is 29.1. The number of ether oxygens (including phenoxy) is 4. The van der Waals surface area contributed by atoms with Crippen LogP contribution in [0.4, 0.5) is 0 Å². The minimum absolute atomic E-state index is 0.0269. The largest absolute Gasteiger partial charge is 0.390 e. The number of aliphatic hydroxyl groups excluding tert-OH is 1. The Morgan fingerprint density at radius 1 is 1.00 bits per heavy atom. The molecule has 244 valence electrons. The second-order valence-corrected chi connectivity index (χ2v) is 13.9. The summed E-state index contributed by atoms with van der Waals surface area (Å²) < 4.78 is 23.6. The molecule has 4 heterocycles. The van der Waals surface area contributed by atoms with Crippen molar-refractivity contribution in [3.8, 4) is 0 Å². The molecule has 43 heavy (non-hydrogen) atoms. The van der Waals surface area contributed by atoms with Crippen molar-refractivity contribution in [2.24, 2.45) is 23.7 Å². The Labute approximate surface area is 256 Å². The highest BCUT2D eigenvalue weighted by Crippen LogP contribution is 2.38. The predicted octanol–water partition coefficient (Wildman–Crippen LogP) is 1.17. The number of nitrogens with one attached hydrogen (secondary N) is 3. The molecule has 6 aliphatic rings. The topological polar surface area (TPSA) is 131 Å². The van der Waals surface area contributed by atoms with Crippen LogP contribution >= 0.6 is 0 Å². The zero-order valence-electron chi connectivity index (χ0n) is 25.9. The van der Waals surface area contributed by atoms with E-state index >= 15 is 0 Å². The van der Waals surface area contributed by atoms with Gasteiger partial charge >= 0.3 is 0 Å². The molecule has 0 aromatic heterocycles. The molecule has 11 heteroatoms. The van der Waals surface area contributed by atoms with Gasteiger partial charge in [-0.2, -0.15) is 0 Å². The second-order valence-electron chi connectivity index (χ2n) is 13.9. The van der Waals surface area contributed by atoms with Gasteiger partial charge < -0.3 is 39.6 Å².